The SMILES string of the molecule is CC.CC(N)C(=O)N(C)C. The summed E-state index contributed by atoms with van der Waals surface area (Å²) >= 11 is 0. The van der Waals surface area contributed by atoms with Crippen LogP contribution in [-0.2, 0) is 4.79 Å². The first-order valence-electron chi connectivity index (χ1n) is 3.52. The second-order valence-electron chi connectivity index (χ2n) is 2.02. The van der Waals surface area contributed by atoms with Crippen molar-refractivity contribution in [1.29, 1.82) is 0 Å². The Morgan fingerprint density at radius 3 is 1.70 bits per heavy atom. The van der Waals surface area contributed by atoms with Crippen molar-refractivity contribution in [3.05, 3.63) is 0 Å². The summed E-state index contributed by atoms with van der Waals surface area (Å²) in [5, 5.41) is 0. The van der Waals surface area contributed by atoms with E-state index in [9.17, 15) is 4.79 Å². The number of carbonyl (C=O) groups excluding carboxylic acids is 1. The predicted octanol–water partition coefficient (Wildman–Crippen LogP) is 0.448. The summed E-state index contributed by atoms with van der Waals surface area (Å²) < 4.78 is 0. The molecule has 1 amide bonds. The van der Waals surface area contributed by atoms with Gasteiger partial charge in [-0.3, -0.25) is 4.79 Å². The van der Waals surface area contributed by atoms with E-state index in [4.69, 9.17) is 5.73 Å². The minimum absolute atomic E-state index is 0.0370. The average Bonchev–Trinajstić information content (AvgIpc) is 1.90. The molecule has 0 fully saturated rings. The van der Waals surface area contributed by atoms with E-state index >= 15 is 0 Å². The number of amides is 1. The largest absolute Gasteiger partial charge is 0.347 e. The van der Waals surface area contributed by atoms with Gasteiger partial charge >= 0.3 is 0 Å². The molecule has 0 spiro atoms. The summed E-state index contributed by atoms with van der Waals surface area (Å²) in [6.07, 6.45) is 0. The Bertz CT molecular complexity index is 79.6. The van der Waals surface area contributed by atoms with Crippen molar-refractivity contribution in [2.24, 2.45) is 5.73 Å². The minimum Gasteiger partial charge on any atom is -0.347 e. The van der Waals surface area contributed by atoms with E-state index in [0.29, 0.717) is 0 Å². The number of hydrogen-bond acceptors (Lipinski definition) is 2. The summed E-state index contributed by atoms with van der Waals surface area (Å²) in [5.74, 6) is -0.0370. The van der Waals surface area contributed by atoms with Crippen LogP contribution in [0.2, 0.25) is 0 Å². The summed E-state index contributed by atoms with van der Waals surface area (Å²) in [4.78, 5) is 12.1. The lowest BCUT2D eigenvalue weighted by molar-refractivity contribution is -0.129. The first-order chi connectivity index (χ1) is 4.55. The molecule has 10 heavy (non-hydrogen) atoms. The Balaban J connectivity index is 0. The van der Waals surface area contributed by atoms with E-state index < -0.39 is 0 Å². The standard InChI is InChI=1S/C5H12N2O.C2H6/c1-4(6)5(8)7(2)3;1-2/h4H,6H2,1-3H3;1-2H3. The van der Waals surface area contributed by atoms with Crippen LogP contribution in [0.5, 0.6) is 0 Å². The van der Waals surface area contributed by atoms with E-state index in [2.05, 4.69) is 0 Å². The number of likely N-dealkylation sites (N-methyl/N-ethyl adjacent to an activating group) is 1. The molecule has 0 bridgehead atoms. The molecule has 2 N–H and O–H groups in total. The molecule has 0 aliphatic carbocycles. The van der Waals surface area contributed by atoms with Crippen LogP contribution in [0.15, 0.2) is 0 Å². The van der Waals surface area contributed by atoms with Gasteiger partial charge in [-0.15, -0.1) is 0 Å². The van der Waals surface area contributed by atoms with Gasteiger partial charge in [0.15, 0.2) is 0 Å². The third-order valence-corrected chi connectivity index (χ3v) is 0.830. The molecular weight excluding hydrogens is 128 g/mol. The summed E-state index contributed by atoms with van der Waals surface area (Å²) in [6.45, 7) is 5.67. The zero-order valence-corrected chi connectivity index (χ0v) is 7.51. The fraction of sp³-hybridized carbons (Fsp3) is 0.857. The predicted molar refractivity (Wildman–Crippen MR) is 43.7 cm³/mol. The van der Waals surface area contributed by atoms with Gasteiger partial charge in [0, 0.05) is 14.1 Å². The third kappa shape index (κ3) is 5.56. The minimum atomic E-state index is -0.370. The monoisotopic (exact) mass is 146 g/mol. The highest BCUT2D eigenvalue weighted by Gasteiger charge is 2.07. The van der Waals surface area contributed by atoms with E-state index in [1.165, 1.54) is 4.90 Å². The number of hydrogen-bond donors (Lipinski definition) is 1. The highest BCUT2D eigenvalue weighted by Crippen LogP contribution is 1.81. The molecule has 0 heterocycles. The van der Waals surface area contributed by atoms with Gasteiger partial charge in [-0.2, -0.15) is 0 Å². The van der Waals surface area contributed by atoms with Crippen molar-refractivity contribution in [3.8, 4) is 0 Å². The van der Waals surface area contributed by atoms with Crippen LogP contribution < -0.4 is 5.73 Å². The molecule has 0 saturated heterocycles. The quantitative estimate of drug-likeness (QED) is 0.583. The Morgan fingerprint density at radius 2 is 1.70 bits per heavy atom. The lowest BCUT2D eigenvalue weighted by Crippen LogP contribution is -2.37. The van der Waals surface area contributed by atoms with Gasteiger partial charge in [-0.05, 0) is 6.92 Å². The van der Waals surface area contributed by atoms with Gasteiger partial charge in [-0.1, -0.05) is 13.8 Å². The van der Waals surface area contributed by atoms with E-state index in [-0.39, 0.29) is 11.9 Å². The molecule has 62 valence electrons. The summed E-state index contributed by atoms with van der Waals surface area (Å²) in [7, 11) is 3.37. The molecular formula is C7H18N2O. The van der Waals surface area contributed by atoms with Crippen LogP contribution in [0.25, 0.3) is 0 Å². The lowest BCUT2D eigenvalue weighted by Gasteiger charge is -2.11. The Labute approximate surface area is 63.2 Å². The number of nitrogens with zero attached hydrogens (tertiary/aromatic N) is 1. The highest BCUT2D eigenvalue weighted by molar-refractivity contribution is 5.80. The van der Waals surface area contributed by atoms with Crippen molar-refractivity contribution < 1.29 is 4.79 Å². The van der Waals surface area contributed by atoms with E-state index in [0.717, 1.165) is 0 Å². The Kier molecular flexibility index (Phi) is 7.95. The molecule has 0 aromatic rings. The van der Waals surface area contributed by atoms with Crippen LogP contribution >= 0.6 is 0 Å². The summed E-state index contributed by atoms with van der Waals surface area (Å²) in [5.41, 5.74) is 5.25. The maximum absolute atomic E-state index is 10.6. The van der Waals surface area contributed by atoms with E-state index in [1.54, 1.807) is 21.0 Å². The zero-order chi connectivity index (χ0) is 8.73. The zero-order valence-electron chi connectivity index (χ0n) is 7.51. The van der Waals surface area contributed by atoms with Crippen molar-refractivity contribution >= 4 is 5.91 Å². The molecule has 1 unspecified atom stereocenters. The molecule has 0 aliphatic heterocycles. The van der Waals surface area contributed by atoms with E-state index in [1.807, 2.05) is 13.8 Å². The van der Waals surface area contributed by atoms with Crippen molar-refractivity contribution in [2.75, 3.05) is 14.1 Å². The van der Waals surface area contributed by atoms with Gasteiger partial charge in [0.25, 0.3) is 0 Å². The van der Waals surface area contributed by atoms with Gasteiger partial charge < -0.3 is 10.6 Å². The first-order valence-corrected chi connectivity index (χ1v) is 3.52. The second-order valence-corrected chi connectivity index (χ2v) is 2.02. The maximum atomic E-state index is 10.6. The first kappa shape index (κ1) is 12.1. The van der Waals surface area contributed by atoms with Crippen LogP contribution in [0, 0.1) is 0 Å². The maximum Gasteiger partial charge on any atom is 0.238 e. The molecule has 0 aromatic carbocycles. The fourth-order valence-electron chi connectivity index (χ4n) is 0.407. The fourth-order valence-corrected chi connectivity index (χ4v) is 0.407. The molecule has 0 aliphatic rings. The van der Waals surface area contributed by atoms with Crippen LogP contribution in [0.1, 0.15) is 20.8 Å². The van der Waals surface area contributed by atoms with Gasteiger partial charge in [-0.25, -0.2) is 0 Å². The average molecular weight is 146 g/mol. The van der Waals surface area contributed by atoms with Gasteiger partial charge in [0.2, 0.25) is 5.91 Å². The smallest absolute Gasteiger partial charge is 0.238 e. The summed E-state index contributed by atoms with van der Waals surface area (Å²) in [6, 6.07) is -0.370. The number of carbonyl (C=O) groups is 1. The van der Waals surface area contributed by atoms with Crippen LogP contribution in [0.4, 0.5) is 0 Å². The van der Waals surface area contributed by atoms with Gasteiger partial charge in [0.05, 0.1) is 6.04 Å². The van der Waals surface area contributed by atoms with Gasteiger partial charge in [0.1, 0.15) is 0 Å². The normalized spacial score (nSPS) is 11.0. The van der Waals surface area contributed by atoms with Crippen molar-refractivity contribution in [3.63, 3.8) is 0 Å². The molecule has 3 nitrogen and oxygen atoms in total. The number of nitrogens with two attached hydrogens (primary N) is 1. The molecule has 0 aromatic heterocycles. The second kappa shape index (κ2) is 6.55. The molecule has 0 rings (SSSR count). The Hall–Kier alpha value is -0.570. The highest BCUT2D eigenvalue weighted by atomic mass is 16.2. The Morgan fingerprint density at radius 1 is 1.40 bits per heavy atom. The van der Waals surface area contributed by atoms with Crippen LogP contribution in [0.3, 0.4) is 0 Å². The molecule has 0 saturated carbocycles. The molecule has 0 radical (unpaired) electrons. The number of rotatable bonds is 1. The molecule has 3 heteroatoms. The van der Waals surface area contributed by atoms with Crippen molar-refractivity contribution in [1.82, 2.24) is 4.90 Å². The lowest BCUT2D eigenvalue weighted by atomic mass is 10.3. The topological polar surface area (TPSA) is 46.3 Å². The third-order valence-electron chi connectivity index (χ3n) is 0.830. The van der Waals surface area contributed by atoms with Crippen LogP contribution in [-0.4, -0.2) is 30.9 Å². The molecule has 1 atom stereocenters. The van der Waals surface area contributed by atoms with Crippen molar-refractivity contribution in [2.45, 2.75) is 26.8 Å².